The lowest BCUT2D eigenvalue weighted by Crippen LogP contribution is -2.45. The molecule has 1 aliphatic heterocycles. The number of likely N-dealkylation sites (tertiary alicyclic amines) is 1. The molecule has 1 aromatic rings. The molecule has 158 valence electrons. The number of ether oxygens (including phenoxy) is 1. The van der Waals surface area contributed by atoms with Gasteiger partial charge in [0, 0.05) is 24.5 Å². The molecule has 6 nitrogen and oxygen atoms in total. The van der Waals surface area contributed by atoms with Crippen molar-refractivity contribution in [2.45, 2.75) is 83.8 Å². The maximum Gasteiger partial charge on any atom is 0.410 e. The molecule has 2 atom stereocenters. The van der Waals surface area contributed by atoms with Gasteiger partial charge in [0.1, 0.15) is 16.4 Å². The first-order valence-corrected chi connectivity index (χ1v) is 12.9. The van der Waals surface area contributed by atoms with Crippen LogP contribution < -0.4 is 0 Å². The van der Waals surface area contributed by atoms with Gasteiger partial charge in [-0.3, -0.25) is 9.88 Å². The molecule has 1 aromatic heterocycles. The van der Waals surface area contributed by atoms with Crippen LogP contribution in [0.25, 0.3) is 0 Å². The normalized spacial score (nSPS) is 21.1. The van der Waals surface area contributed by atoms with Crippen LogP contribution in [0.15, 0.2) is 12.4 Å². The Kier molecular flexibility index (Phi) is 6.43. The second kappa shape index (κ2) is 7.84. The molecule has 1 N–H and O–H groups in total. The average molecular weight is 429 g/mol. The monoisotopic (exact) mass is 428 g/mol. The Balaban J connectivity index is 2.34. The van der Waals surface area contributed by atoms with E-state index in [-0.39, 0.29) is 21.9 Å². The molecule has 1 fully saturated rings. The van der Waals surface area contributed by atoms with Gasteiger partial charge in [0.15, 0.2) is 8.32 Å². The van der Waals surface area contributed by atoms with Gasteiger partial charge in [-0.1, -0.05) is 32.4 Å². The first-order valence-electron chi connectivity index (χ1n) is 9.62. The minimum atomic E-state index is -2.02. The molecule has 0 saturated carbocycles. The van der Waals surface area contributed by atoms with E-state index in [4.69, 9.17) is 20.8 Å². The third kappa shape index (κ3) is 5.18. The third-order valence-electron chi connectivity index (χ3n) is 5.42. The van der Waals surface area contributed by atoms with Crippen LogP contribution in [0.1, 0.15) is 59.6 Å². The second-order valence-electron chi connectivity index (χ2n) is 9.94. The van der Waals surface area contributed by atoms with Gasteiger partial charge in [-0.2, -0.15) is 0 Å². The number of aromatic hydroxyl groups is 1. The molecule has 1 saturated heterocycles. The van der Waals surface area contributed by atoms with Gasteiger partial charge >= 0.3 is 6.09 Å². The van der Waals surface area contributed by atoms with E-state index in [0.29, 0.717) is 18.5 Å². The van der Waals surface area contributed by atoms with Crippen molar-refractivity contribution < 1.29 is 19.1 Å². The highest BCUT2D eigenvalue weighted by atomic mass is 35.5. The number of hydrogen-bond acceptors (Lipinski definition) is 5. The van der Waals surface area contributed by atoms with E-state index in [0.717, 1.165) is 0 Å². The molecule has 0 aromatic carbocycles. The van der Waals surface area contributed by atoms with Crippen molar-refractivity contribution in [3.8, 4) is 5.75 Å². The van der Waals surface area contributed by atoms with Crippen LogP contribution in [0.3, 0.4) is 0 Å². The molecule has 1 aliphatic rings. The largest absolute Gasteiger partial charge is 0.506 e. The Bertz CT molecular complexity index is 728. The fraction of sp³-hybridized carbons (Fsp3) is 0.700. The number of aromatic nitrogens is 1. The van der Waals surface area contributed by atoms with Crippen LogP contribution in [-0.2, 0) is 9.16 Å². The van der Waals surface area contributed by atoms with Gasteiger partial charge in [-0.05, 0) is 45.3 Å². The first kappa shape index (κ1) is 23.0. The van der Waals surface area contributed by atoms with Gasteiger partial charge in [0.05, 0.1) is 12.1 Å². The molecule has 0 spiro atoms. The number of carbonyl (C=O) groups is 1. The summed E-state index contributed by atoms with van der Waals surface area (Å²) in [6.45, 7) is 16.8. The maximum absolute atomic E-state index is 12.9. The number of halogens is 1. The van der Waals surface area contributed by atoms with Crippen LogP contribution in [0, 0.1) is 0 Å². The summed E-state index contributed by atoms with van der Waals surface area (Å²) in [7, 11) is -2.02. The van der Waals surface area contributed by atoms with Crippen molar-refractivity contribution in [2.75, 3.05) is 6.54 Å². The van der Waals surface area contributed by atoms with E-state index in [1.54, 1.807) is 11.1 Å². The zero-order valence-corrected chi connectivity index (χ0v) is 19.9. The van der Waals surface area contributed by atoms with Crippen molar-refractivity contribution in [3.05, 3.63) is 23.0 Å². The molecule has 8 heteroatoms. The summed E-state index contributed by atoms with van der Waals surface area (Å²) in [6.07, 6.45) is 2.92. The zero-order chi connectivity index (χ0) is 21.5. The van der Waals surface area contributed by atoms with Crippen molar-refractivity contribution in [1.29, 1.82) is 0 Å². The molecule has 1 unspecified atom stereocenters. The Morgan fingerprint density at radius 3 is 2.39 bits per heavy atom. The number of nitrogens with zero attached hydrogens (tertiary/aromatic N) is 2. The molecule has 2 rings (SSSR count). The van der Waals surface area contributed by atoms with Gasteiger partial charge in [0.2, 0.25) is 0 Å². The molecule has 1 amide bonds. The Labute approximate surface area is 174 Å². The van der Waals surface area contributed by atoms with Crippen molar-refractivity contribution in [3.63, 3.8) is 0 Å². The van der Waals surface area contributed by atoms with E-state index in [1.165, 1.54) is 6.20 Å². The average Bonchev–Trinajstić information content (AvgIpc) is 2.90. The highest BCUT2D eigenvalue weighted by molar-refractivity contribution is 6.74. The van der Waals surface area contributed by atoms with E-state index in [9.17, 15) is 9.90 Å². The number of carbonyl (C=O) groups excluding carboxylic acids is 1. The summed E-state index contributed by atoms with van der Waals surface area (Å²) in [6, 6.07) is -0.407. The molecule has 2 heterocycles. The van der Waals surface area contributed by atoms with E-state index in [1.807, 2.05) is 20.8 Å². The number of rotatable bonds is 3. The molecule has 0 radical (unpaired) electrons. The minimum absolute atomic E-state index is 0.0526. The molecule has 28 heavy (non-hydrogen) atoms. The standard InChI is InChI=1S/C20H33ClN2O4Si/c1-19(2,3)26-18(25)23-12-13(27-28(7,8)20(4,5)6)9-16(23)14-10-22-11-15(21)17(14)24/h10-11,13,16H,9,12H2,1-8H3,(H,22,24)/t13?,16-/m0/s1. The van der Waals surface area contributed by atoms with Gasteiger partial charge < -0.3 is 14.3 Å². The quantitative estimate of drug-likeness (QED) is 0.642. The summed E-state index contributed by atoms with van der Waals surface area (Å²) in [5.74, 6) is -0.0526. The summed E-state index contributed by atoms with van der Waals surface area (Å²) < 4.78 is 12.1. The van der Waals surface area contributed by atoms with Crippen molar-refractivity contribution in [1.82, 2.24) is 9.88 Å². The molecule has 0 aliphatic carbocycles. The van der Waals surface area contributed by atoms with Crippen molar-refractivity contribution in [2.24, 2.45) is 0 Å². The number of pyridine rings is 1. The topological polar surface area (TPSA) is 71.9 Å². The lowest BCUT2D eigenvalue weighted by atomic mass is 10.1. The maximum atomic E-state index is 12.9. The SMILES string of the molecule is CC(C)(C)OC(=O)N1CC(O[Si](C)(C)C(C)(C)C)C[C@H]1c1cncc(Cl)c1O. The van der Waals surface area contributed by atoms with Crippen LogP contribution in [0.4, 0.5) is 4.79 Å². The summed E-state index contributed by atoms with van der Waals surface area (Å²) >= 11 is 6.06. The van der Waals surface area contributed by atoms with E-state index in [2.05, 4.69) is 38.8 Å². The Hall–Kier alpha value is -1.31. The minimum Gasteiger partial charge on any atom is -0.506 e. The fourth-order valence-corrected chi connectivity index (χ4v) is 4.50. The van der Waals surface area contributed by atoms with Crippen molar-refractivity contribution >= 4 is 26.0 Å². The van der Waals surface area contributed by atoms with Crippen LogP contribution in [-0.4, -0.2) is 47.7 Å². The second-order valence-corrected chi connectivity index (χ2v) is 15.1. The smallest absolute Gasteiger partial charge is 0.410 e. The molecule has 0 bridgehead atoms. The lowest BCUT2D eigenvalue weighted by molar-refractivity contribution is 0.0207. The number of hydrogen-bond donors (Lipinski definition) is 1. The van der Waals surface area contributed by atoms with E-state index >= 15 is 0 Å². The Morgan fingerprint density at radius 1 is 1.25 bits per heavy atom. The number of amides is 1. The van der Waals surface area contributed by atoms with Gasteiger partial charge in [-0.25, -0.2) is 4.79 Å². The van der Waals surface area contributed by atoms with Crippen LogP contribution in [0.2, 0.25) is 23.2 Å². The Morgan fingerprint density at radius 2 is 1.86 bits per heavy atom. The van der Waals surface area contributed by atoms with Gasteiger partial charge in [-0.15, -0.1) is 0 Å². The van der Waals surface area contributed by atoms with E-state index < -0.39 is 26.1 Å². The fourth-order valence-electron chi connectivity index (χ4n) is 2.98. The summed E-state index contributed by atoms with van der Waals surface area (Å²) in [5, 5.41) is 10.7. The molecular weight excluding hydrogens is 396 g/mol. The highest BCUT2D eigenvalue weighted by Gasteiger charge is 2.45. The predicted molar refractivity (Wildman–Crippen MR) is 113 cm³/mol. The zero-order valence-electron chi connectivity index (χ0n) is 18.2. The summed E-state index contributed by atoms with van der Waals surface area (Å²) in [4.78, 5) is 18.6. The highest BCUT2D eigenvalue weighted by Crippen LogP contribution is 2.44. The van der Waals surface area contributed by atoms with Gasteiger partial charge in [0.25, 0.3) is 0 Å². The molecular formula is C20H33ClN2O4Si. The summed E-state index contributed by atoms with van der Waals surface area (Å²) in [5.41, 5.74) is -0.103. The third-order valence-corrected chi connectivity index (χ3v) is 10.2. The lowest BCUT2D eigenvalue weighted by Gasteiger charge is -2.38. The van der Waals surface area contributed by atoms with Crippen LogP contribution >= 0.6 is 11.6 Å². The first-order chi connectivity index (χ1) is 12.6. The predicted octanol–water partition coefficient (Wildman–Crippen LogP) is 5.51. The van der Waals surface area contributed by atoms with Crippen LogP contribution in [0.5, 0.6) is 5.75 Å².